The smallest absolute Gasteiger partial charge is 0.179 e. The van der Waals surface area contributed by atoms with E-state index in [0.717, 1.165) is 35.4 Å². The van der Waals surface area contributed by atoms with Crippen LogP contribution in [0.4, 0.5) is 0 Å². The van der Waals surface area contributed by atoms with Gasteiger partial charge in [-0.25, -0.2) is 9.55 Å². The highest BCUT2D eigenvalue weighted by molar-refractivity contribution is 5.79. The molecule has 1 N–H and O–H groups in total. The highest BCUT2D eigenvalue weighted by atomic mass is 127. The van der Waals surface area contributed by atoms with Gasteiger partial charge < -0.3 is 29.0 Å². The van der Waals surface area contributed by atoms with Crippen molar-refractivity contribution in [2.45, 2.75) is 26.8 Å². The fraction of sp³-hybridized carbons (Fsp3) is 0.250. The normalized spacial score (nSPS) is 10.5. The first-order chi connectivity index (χ1) is 9.26. The van der Waals surface area contributed by atoms with E-state index in [9.17, 15) is 0 Å². The minimum Gasteiger partial charge on any atom is -1.00 e. The largest absolute Gasteiger partial charge is 1.00 e. The Bertz CT molecular complexity index is 719. The summed E-state index contributed by atoms with van der Waals surface area (Å²) in [5.41, 5.74) is 4.49. The molecule has 0 amide bonds. The number of imidazole rings is 1. The average molecular weight is 379 g/mol. The molecule has 20 heavy (non-hydrogen) atoms. The van der Waals surface area contributed by atoms with Crippen molar-refractivity contribution in [3.63, 3.8) is 0 Å². The first kappa shape index (κ1) is 15.0. The molecule has 0 saturated heterocycles. The zero-order valence-corrected chi connectivity index (χ0v) is 13.9. The van der Waals surface area contributed by atoms with Crippen LogP contribution in [0.25, 0.3) is 22.4 Å². The van der Waals surface area contributed by atoms with Gasteiger partial charge in [0.05, 0.1) is 16.6 Å². The van der Waals surface area contributed by atoms with Crippen LogP contribution in [0.5, 0.6) is 0 Å². The molecule has 104 valence electrons. The summed E-state index contributed by atoms with van der Waals surface area (Å²) in [6, 6.07) is 10.5. The summed E-state index contributed by atoms with van der Waals surface area (Å²) in [7, 11) is 0. The van der Waals surface area contributed by atoms with Crippen LogP contribution in [0.1, 0.15) is 18.9 Å². The fourth-order valence-corrected chi connectivity index (χ4v) is 2.32. The zero-order valence-electron chi connectivity index (χ0n) is 11.7. The molecule has 4 heteroatoms. The van der Waals surface area contributed by atoms with Gasteiger partial charge in [0.2, 0.25) is 0 Å². The van der Waals surface area contributed by atoms with Crippen molar-refractivity contribution in [1.29, 1.82) is 0 Å². The van der Waals surface area contributed by atoms with E-state index in [1.807, 2.05) is 0 Å². The van der Waals surface area contributed by atoms with Crippen molar-refractivity contribution in [2.24, 2.45) is 0 Å². The molecule has 1 aromatic carbocycles. The van der Waals surface area contributed by atoms with E-state index >= 15 is 0 Å². The Morgan fingerprint density at radius 3 is 2.90 bits per heavy atom. The van der Waals surface area contributed by atoms with E-state index in [1.165, 1.54) is 5.56 Å². The molecule has 0 radical (unpaired) electrons. The van der Waals surface area contributed by atoms with Crippen LogP contribution in [0, 0.1) is 6.92 Å². The molecule has 0 aliphatic heterocycles. The van der Waals surface area contributed by atoms with Crippen molar-refractivity contribution in [1.82, 2.24) is 9.97 Å². The number of aryl methyl sites for hydroxylation is 2. The van der Waals surface area contributed by atoms with Gasteiger partial charge in [0.15, 0.2) is 12.4 Å². The first-order valence-corrected chi connectivity index (χ1v) is 6.72. The third kappa shape index (κ3) is 3.00. The van der Waals surface area contributed by atoms with E-state index in [4.69, 9.17) is 0 Å². The molecule has 0 saturated carbocycles. The van der Waals surface area contributed by atoms with Crippen molar-refractivity contribution < 1.29 is 28.5 Å². The molecule has 3 nitrogen and oxygen atoms in total. The highest BCUT2D eigenvalue weighted by Crippen LogP contribution is 2.19. The number of hydrogen-bond donors (Lipinski definition) is 1. The van der Waals surface area contributed by atoms with Gasteiger partial charge in [0.1, 0.15) is 12.4 Å². The Morgan fingerprint density at radius 2 is 2.10 bits per heavy atom. The second-order valence-corrected chi connectivity index (χ2v) is 4.94. The Kier molecular flexibility index (Phi) is 4.75. The van der Waals surface area contributed by atoms with Gasteiger partial charge in [-0.05, 0) is 30.7 Å². The van der Waals surface area contributed by atoms with E-state index < -0.39 is 0 Å². The third-order valence-electron chi connectivity index (χ3n) is 3.25. The number of nitrogens with zero attached hydrogens (tertiary/aromatic N) is 2. The summed E-state index contributed by atoms with van der Waals surface area (Å²) in [6.45, 7) is 5.31. The van der Waals surface area contributed by atoms with Crippen LogP contribution in [0.2, 0.25) is 0 Å². The van der Waals surface area contributed by atoms with Crippen LogP contribution in [0.3, 0.4) is 0 Å². The van der Waals surface area contributed by atoms with Crippen molar-refractivity contribution in [3.05, 3.63) is 48.3 Å². The second kappa shape index (κ2) is 6.35. The minimum atomic E-state index is 0. The van der Waals surface area contributed by atoms with E-state index in [0.29, 0.717) is 0 Å². The maximum atomic E-state index is 4.66. The Balaban J connectivity index is 0.00000147. The van der Waals surface area contributed by atoms with Crippen LogP contribution >= 0.6 is 0 Å². The fourth-order valence-electron chi connectivity index (χ4n) is 2.32. The number of halogens is 1. The number of pyridine rings is 1. The SMILES string of the molecule is CCC[n+]1cccc(-c2nc3ccc(C)cc3[nH]2)c1.[I-]. The van der Waals surface area contributed by atoms with Gasteiger partial charge in [0.25, 0.3) is 0 Å². The molecular weight excluding hydrogens is 361 g/mol. The highest BCUT2D eigenvalue weighted by Gasteiger charge is 2.09. The van der Waals surface area contributed by atoms with Gasteiger partial charge in [-0.1, -0.05) is 13.0 Å². The topological polar surface area (TPSA) is 32.6 Å². The molecule has 3 aromatic rings. The number of aromatic amines is 1. The van der Waals surface area contributed by atoms with Crippen molar-refractivity contribution >= 4 is 11.0 Å². The Morgan fingerprint density at radius 1 is 1.25 bits per heavy atom. The van der Waals surface area contributed by atoms with E-state index in [1.54, 1.807) is 0 Å². The molecule has 0 aliphatic rings. The number of aromatic nitrogens is 3. The predicted octanol–water partition coefficient (Wildman–Crippen LogP) is 0.240. The predicted molar refractivity (Wildman–Crippen MR) is 76.8 cm³/mol. The molecule has 0 spiro atoms. The standard InChI is InChI=1S/C16H18N3.HI/c1-3-8-19-9-4-5-13(11-19)16-17-14-7-6-12(2)10-15(14)18-16;/h4-7,9-11H,3,8H2,1-2H3,(H,17,18);1H/q+1;/p-1. The lowest BCUT2D eigenvalue weighted by atomic mass is 10.2. The molecule has 0 bridgehead atoms. The van der Waals surface area contributed by atoms with Gasteiger partial charge in [-0.3, -0.25) is 0 Å². The number of benzene rings is 1. The lowest BCUT2D eigenvalue weighted by molar-refractivity contribution is -0.696. The van der Waals surface area contributed by atoms with Crippen molar-refractivity contribution in [3.8, 4) is 11.4 Å². The molecular formula is C16H18IN3. The zero-order chi connectivity index (χ0) is 13.2. The Hall–Kier alpha value is -1.43. The second-order valence-electron chi connectivity index (χ2n) is 4.94. The first-order valence-electron chi connectivity index (χ1n) is 6.72. The van der Waals surface area contributed by atoms with Gasteiger partial charge in [0, 0.05) is 12.5 Å². The number of fused-ring (bicyclic) bond motifs is 1. The quantitative estimate of drug-likeness (QED) is 0.513. The van der Waals surface area contributed by atoms with Crippen molar-refractivity contribution in [2.75, 3.05) is 0 Å². The van der Waals surface area contributed by atoms with Crippen LogP contribution in [-0.2, 0) is 6.54 Å². The van der Waals surface area contributed by atoms with E-state index in [-0.39, 0.29) is 24.0 Å². The average Bonchev–Trinajstić information content (AvgIpc) is 2.82. The maximum Gasteiger partial charge on any atom is 0.179 e. The monoisotopic (exact) mass is 379 g/mol. The van der Waals surface area contributed by atoms with Gasteiger partial charge in [-0.15, -0.1) is 0 Å². The number of nitrogens with one attached hydrogen (secondary N) is 1. The summed E-state index contributed by atoms with van der Waals surface area (Å²) in [5.74, 6) is 0.936. The lowest BCUT2D eigenvalue weighted by Crippen LogP contribution is -3.00. The maximum absolute atomic E-state index is 4.66. The number of H-pyrrole nitrogens is 1. The number of rotatable bonds is 3. The molecule has 0 aliphatic carbocycles. The van der Waals surface area contributed by atoms with Crippen LogP contribution in [0.15, 0.2) is 42.7 Å². The molecule has 3 rings (SSSR count). The summed E-state index contributed by atoms with van der Waals surface area (Å²) in [4.78, 5) is 8.05. The molecule has 0 fully saturated rings. The van der Waals surface area contributed by atoms with Gasteiger partial charge in [-0.2, -0.15) is 0 Å². The molecule has 2 heterocycles. The Labute approximate surface area is 136 Å². The van der Waals surface area contributed by atoms with Gasteiger partial charge >= 0.3 is 0 Å². The van der Waals surface area contributed by atoms with Crippen LogP contribution in [-0.4, -0.2) is 9.97 Å². The lowest BCUT2D eigenvalue weighted by Gasteiger charge is -1.96. The summed E-state index contributed by atoms with van der Waals surface area (Å²) in [6.07, 6.45) is 5.38. The molecule has 0 atom stereocenters. The van der Waals surface area contributed by atoms with Crippen LogP contribution < -0.4 is 28.5 Å². The minimum absolute atomic E-state index is 0. The summed E-state index contributed by atoms with van der Waals surface area (Å²) >= 11 is 0. The molecule has 0 unspecified atom stereocenters. The van der Waals surface area contributed by atoms with E-state index in [2.05, 4.69) is 71.1 Å². The third-order valence-corrected chi connectivity index (χ3v) is 3.25. The summed E-state index contributed by atoms with van der Waals surface area (Å²) < 4.78 is 2.20. The molecule has 2 aromatic heterocycles. The number of hydrogen-bond acceptors (Lipinski definition) is 1. The summed E-state index contributed by atoms with van der Waals surface area (Å²) in [5, 5.41) is 0.